The van der Waals surface area contributed by atoms with Gasteiger partial charge in [-0.1, -0.05) is 29.3 Å². The summed E-state index contributed by atoms with van der Waals surface area (Å²) in [6.07, 6.45) is 0. The molecule has 2 aromatic rings. The normalized spacial score (nSPS) is 10.3. The van der Waals surface area contributed by atoms with Crippen molar-refractivity contribution < 1.29 is 14.6 Å². The number of carboxylic acids is 1. The average Bonchev–Trinajstić information content (AvgIpc) is 2.36. The van der Waals surface area contributed by atoms with Crippen molar-refractivity contribution in [1.82, 2.24) is 0 Å². The number of aryl methyl sites for hydroxylation is 2. The zero-order chi connectivity index (χ0) is 14.7. The second-order valence-electron chi connectivity index (χ2n) is 4.73. The Morgan fingerprint density at radius 3 is 2.40 bits per heavy atom. The highest BCUT2D eigenvalue weighted by atomic mass is 79.9. The van der Waals surface area contributed by atoms with Gasteiger partial charge in [0, 0.05) is 4.47 Å². The van der Waals surface area contributed by atoms with Crippen LogP contribution in [0.4, 0.5) is 0 Å². The number of rotatable bonds is 4. The fraction of sp³-hybridized carbons (Fsp3) is 0.188. The van der Waals surface area contributed by atoms with Gasteiger partial charge >= 0.3 is 5.97 Å². The molecule has 20 heavy (non-hydrogen) atoms. The van der Waals surface area contributed by atoms with Crippen LogP contribution in [0, 0.1) is 13.8 Å². The SMILES string of the molecule is Cc1cc(C)cc(COc2ccc(Br)c(C(=O)O)c2)c1. The summed E-state index contributed by atoms with van der Waals surface area (Å²) >= 11 is 3.21. The molecular weight excluding hydrogens is 320 g/mol. The van der Waals surface area contributed by atoms with Gasteiger partial charge in [-0.05, 0) is 53.5 Å². The Kier molecular flexibility index (Phi) is 4.45. The topological polar surface area (TPSA) is 46.5 Å². The van der Waals surface area contributed by atoms with E-state index in [9.17, 15) is 4.79 Å². The lowest BCUT2D eigenvalue weighted by atomic mass is 10.1. The van der Waals surface area contributed by atoms with E-state index in [4.69, 9.17) is 9.84 Å². The van der Waals surface area contributed by atoms with E-state index in [0.29, 0.717) is 16.8 Å². The number of carbonyl (C=O) groups is 1. The summed E-state index contributed by atoms with van der Waals surface area (Å²) < 4.78 is 6.21. The van der Waals surface area contributed by atoms with Gasteiger partial charge in [0.05, 0.1) is 5.56 Å². The van der Waals surface area contributed by atoms with Gasteiger partial charge in [0.15, 0.2) is 0 Å². The average molecular weight is 335 g/mol. The van der Waals surface area contributed by atoms with Gasteiger partial charge < -0.3 is 9.84 Å². The van der Waals surface area contributed by atoms with E-state index >= 15 is 0 Å². The van der Waals surface area contributed by atoms with Crippen LogP contribution < -0.4 is 4.74 Å². The molecule has 0 atom stereocenters. The zero-order valence-corrected chi connectivity index (χ0v) is 12.9. The molecule has 104 valence electrons. The molecule has 2 aromatic carbocycles. The van der Waals surface area contributed by atoms with Crippen LogP contribution in [0.5, 0.6) is 5.75 Å². The van der Waals surface area contributed by atoms with Crippen LogP contribution in [0.15, 0.2) is 40.9 Å². The fourth-order valence-electron chi connectivity index (χ4n) is 2.08. The van der Waals surface area contributed by atoms with Crippen LogP contribution in [0.3, 0.4) is 0 Å². The van der Waals surface area contributed by atoms with Crippen molar-refractivity contribution in [3.8, 4) is 5.75 Å². The lowest BCUT2D eigenvalue weighted by Gasteiger charge is -2.09. The minimum absolute atomic E-state index is 0.197. The molecule has 0 fully saturated rings. The molecule has 0 saturated carbocycles. The molecule has 0 amide bonds. The largest absolute Gasteiger partial charge is 0.489 e. The standard InChI is InChI=1S/C16H15BrO3/c1-10-5-11(2)7-12(6-10)9-20-13-3-4-15(17)14(8-13)16(18)19/h3-8H,9H2,1-2H3,(H,18,19). The Morgan fingerprint density at radius 1 is 1.15 bits per heavy atom. The van der Waals surface area contributed by atoms with Crippen LogP contribution >= 0.6 is 15.9 Å². The van der Waals surface area contributed by atoms with Gasteiger partial charge in [-0.2, -0.15) is 0 Å². The van der Waals surface area contributed by atoms with E-state index in [1.54, 1.807) is 12.1 Å². The lowest BCUT2D eigenvalue weighted by Crippen LogP contribution is -2.01. The molecule has 3 nitrogen and oxygen atoms in total. The van der Waals surface area contributed by atoms with Crippen LogP contribution in [-0.4, -0.2) is 11.1 Å². The van der Waals surface area contributed by atoms with Crippen molar-refractivity contribution in [2.24, 2.45) is 0 Å². The predicted octanol–water partition coefficient (Wildman–Crippen LogP) is 4.34. The Hall–Kier alpha value is -1.81. The number of carboxylic acid groups (broad SMARTS) is 1. The number of halogens is 1. The van der Waals surface area contributed by atoms with E-state index in [2.05, 4.69) is 34.1 Å². The third-order valence-electron chi connectivity index (χ3n) is 2.86. The molecule has 0 aliphatic rings. The monoisotopic (exact) mass is 334 g/mol. The molecule has 0 spiro atoms. The summed E-state index contributed by atoms with van der Waals surface area (Å²) in [7, 11) is 0. The molecule has 0 saturated heterocycles. The highest BCUT2D eigenvalue weighted by molar-refractivity contribution is 9.10. The summed E-state index contributed by atoms with van der Waals surface area (Å²) in [4.78, 5) is 11.1. The van der Waals surface area contributed by atoms with Crippen LogP contribution in [-0.2, 0) is 6.61 Å². The third-order valence-corrected chi connectivity index (χ3v) is 3.55. The first-order chi connectivity index (χ1) is 9.45. The minimum Gasteiger partial charge on any atom is -0.489 e. The maximum Gasteiger partial charge on any atom is 0.336 e. The Balaban J connectivity index is 2.14. The second-order valence-corrected chi connectivity index (χ2v) is 5.59. The highest BCUT2D eigenvalue weighted by Crippen LogP contribution is 2.23. The molecule has 1 N–H and O–H groups in total. The maximum absolute atomic E-state index is 11.1. The molecule has 0 radical (unpaired) electrons. The minimum atomic E-state index is -0.978. The maximum atomic E-state index is 11.1. The highest BCUT2D eigenvalue weighted by Gasteiger charge is 2.09. The van der Waals surface area contributed by atoms with Gasteiger partial charge in [-0.15, -0.1) is 0 Å². The quantitative estimate of drug-likeness (QED) is 0.904. The van der Waals surface area contributed by atoms with Crippen LogP contribution in [0.25, 0.3) is 0 Å². The van der Waals surface area contributed by atoms with Crippen molar-refractivity contribution in [3.05, 3.63) is 63.1 Å². The summed E-state index contributed by atoms with van der Waals surface area (Å²) in [6, 6.07) is 11.2. The number of benzene rings is 2. The fourth-order valence-corrected chi connectivity index (χ4v) is 2.49. The van der Waals surface area contributed by atoms with Crippen LogP contribution in [0.2, 0.25) is 0 Å². The predicted molar refractivity (Wildman–Crippen MR) is 81.3 cm³/mol. The number of aromatic carboxylic acids is 1. The summed E-state index contributed by atoms with van der Waals surface area (Å²) in [5.41, 5.74) is 3.64. The molecular formula is C16H15BrO3. The van der Waals surface area contributed by atoms with Crippen molar-refractivity contribution in [2.75, 3.05) is 0 Å². The molecule has 0 aromatic heterocycles. The van der Waals surface area contributed by atoms with Crippen molar-refractivity contribution in [1.29, 1.82) is 0 Å². The smallest absolute Gasteiger partial charge is 0.336 e. The number of ether oxygens (including phenoxy) is 1. The Morgan fingerprint density at radius 2 is 1.80 bits per heavy atom. The molecule has 0 aliphatic heterocycles. The van der Waals surface area contributed by atoms with Crippen molar-refractivity contribution >= 4 is 21.9 Å². The van der Waals surface area contributed by atoms with Crippen LogP contribution in [0.1, 0.15) is 27.0 Å². The van der Waals surface area contributed by atoms with E-state index in [1.165, 1.54) is 17.2 Å². The lowest BCUT2D eigenvalue weighted by molar-refractivity contribution is 0.0695. The van der Waals surface area contributed by atoms with Crippen molar-refractivity contribution in [2.45, 2.75) is 20.5 Å². The van der Waals surface area contributed by atoms with Gasteiger partial charge in [0.1, 0.15) is 12.4 Å². The van der Waals surface area contributed by atoms with Gasteiger partial charge in [-0.3, -0.25) is 0 Å². The van der Waals surface area contributed by atoms with Gasteiger partial charge in [0.25, 0.3) is 0 Å². The molecule has 2 rings (SSSR count). The number of hydrogen-bond donors (Lipinski definition) is 1. The second kappa shape index (κ2) is 6.09. The Labute approximate surface area is 126 Å². The first kappa shape index (κ1) is 14.6. The van der Waals surface area contributed by atoms with Gasteiger partial charge in [0.2, 0.25) is 0 Å². The summed E-state index contributed by atoms with van der Waals surface area (Å²) in [5, 5.41) is 9.06. The molecule has 0 heterocycles. The van der Waals surface area contributed by atoms with Crippen molar-refractivity contribution in [3.63, 3.8) is 0 Å². The molecule has 0 unspecified atom stereocenters. The molecule has 0 bridgehead atoms. The van der Waals surface area contributed by atoms with Gasteiger partial charge in [-0.25, -0.2) is 4.79 Å². The summed E-state index contributed by atoms with van der Waals surface area (Å²) in [6.45, 7) is 4.50. The number of hydrogen-bond acceptors (Lipinski definition) is 2. The van der Waals surface area contributed by atoms with E-state index < -0.39 is 5.97 Å². The third kappa shape index (κ3) is 3.61. The molecule has 4 heteroatoms. The molecule has 0 aliphatic carbocycles. The van der Waals surface area contributed by atoms with E-state index in [0.717, 1.165) is 5.56 Å². The zero-order valence-electron chi connectivity index (χ0n) is 11.3. The first-order valence-corrected chi connectivity index (χ1v) is 6.98. The van der Waals surface area contributed by atoms with E-state index in [-0.39, 0.29) is 5.56 Å². The summed E-state index contributed by atoms with van der Waals surface area (Å²) in [5.74, 6) is -0.432. The van der Waals surface area contributed by atoms with E-state index in [1.807, 2.05) is 13.8 Å². The Bertz CT molecular complexity index is 630. The first-order valence-electron chi connectivity index (χ1n) is 6.18.